The largest absolute Gasteiger partial charge is 0.508 e. The lowest BCUT2D eigenvalue weighted by Crippen LogP contribution is -2.10. The van der Waals surface area contributed by atoms with Crippen LogP contribution < -0.4 is 14.2 Å². The molecule has 0 fully saturated rings. The van der Waals surface area contributed by atoms with Gasteiger partial charge in [0.2, 0.25) is 11.5 Å². The van der Waals surface area contributed by atoms with Crippen LogP contribution in [0.1, 0.15) is 39.4 Å². The molecule has 0 spiro atoms. The molecule has 0 saturated carbocycles. The highest BCUT2D eigenvalue weighted by Gasteiger charge is 2.35. The molecule has 3 N–H and O–H groups in total. The predicted octanol–water partition coefficient (Wildman–Crippen LogP) is 3.73. The molecule has 0 unspecified atom stereocenters. The van der Waals surface area contributed by atoms with Crippen molar-refractivity contribution < 1.29 is 39.1 Å². The molecule has 9 heteroatoms. The number of rotatable bonds is 7. The Bertz CT molecular complexity index is 1270. The Kier molecular flexibility index (Phi) is 6.09. The minimum atomic E-state index is -1.15. The first-order chi connectivity index (χ1) is 16.3. The smallest absolute Gasteiger partial charge is 0.304 e. The molecule has 1 aliphatic rings. The number of carboxylic acids is 1. The third kappa shape index (κ3) is 4.11. The summed E-state index contributed by atoms with van der Waals surface area (Å²) in [7, 11) is 2.69. The number of methoxy groups -OCH3 is 2. The summed E-state index contributed by atoms with van der Waals surface area (Å²) in [6.07, 6.45) is 4.24. The molecule has 1 aliphatic heterocycles. The number of fused-ring (bicyclic) bond motifs is 1. The van der Waals surface area contributed by atoms with E-state index < -0.39 is 24.1 Å². The molecule has 9 nitrogen and oxygen atoms in total. The highest BCUT2D eigenvalue weighted by atomic mass is 16.5. The second-order valence-corrected chi connectivity index (χ2v) is 7.53. The van der Waals surface area contributed by atoms with Crippen LogP contribution >= 0.6 is 0 Å². The first kappa shape index (κ1) is 22.7. The van der Waals surface area contributed by atoms with Gasteiger partial charge in [-0.3, -0.25) is 14.6 Å². The van der Waals surface area contributed by atoms with E-state index in [1.807, 2.05) is 0 Å². The van der Waals surface area contributed by atoms with Crippen molar-refractivity contribution in [1.82, 2.24) is 4.98 Å². The lowest BCUT2D eigenvalue weighted by molar-refractivity contribution is -0.137. The number of allylic oxidation sites excluding steroid dienone is 1. The average molecular weight is 463 g/mol. The van der Waals surface area contributed by atoms with Gasteiger partial charge in [0, 0.05) is 23.9 Å². The Morgan fingerprint density at radius 2 is 1.85 bits per heavy atom. The van der Waals surface area contributed by atoms with Crippen molar-refractivity contribution in [2.24, 2.45) is 0 Å². The van der Waals surface area contributed by atoms with E-state index in [-0.39, 0.29) is 45.6 Å². The van der Waals surface area contributed by atoms with E-state index in [2.05, 4.69) is 4.98 Å². The topological polar surface area (TPSA) is 135 Å². The number of carboxylic acid groups (broad SMARTS) is 1. The molecule has 34 heavy (non-hydrogen) atoms. The summed E-state index contributed by atoms with van der Waals surface area (Å²) in [5, 5.41) is 30.7. The minimum Gasteiger partial charge on any atom is -0.508 e. The van der Waals surface area contributed by atoms with Crippen LogP contribution in [0.3, 0.4) is 0 Å². The van der Waals surface area contributed by atoms with Gasteiger partial charge < -0.3 is 29.5 Å². The van der Waals surface area contributed by atoms with Gasteiger partial charge in [0.15, 0.2) is 17.3 Å². The van der Waals surface area contributed by atoms with Gasteiger partial charge in [0.25, 0.3) is 0 Å². The molecule has 2 heterocycles. The van der Waals surface area contributed by atoms with Crippen LogP contribution in [0.2, 0.25) is 0 Å². The summed E-state index contributed by atoms with van der Waals surface area (Å²) >= 11 is 0. The van der Waals surface area contributed by atoms with E-state index in [1.165, 1.54) is 44.6 Å². The maximum atomic E-state index is 13.0. The minimum absolute atomic E-state index is 0.0183. The Morgan fingerprint density at radius 3 is 2.44 bits per heavy atom. The van der Waals surface area contributed by atoms with Crippen LogP contribution in [-0.4, -0.2) is 46.3 Å². The predicted molar refractivity (Wildman–Crippen MR) is 121 cm³/mol. The third-order valence-corrected chi connectivity index (χ3v) is 5.47. The molecule has 0 bridgehead atoms. The number of ether oxygens (including phenoxy) is 3. The first-order valence-electron chi connectivity index (χ1n) is 10.2. The van der Waals surface area contributed by atoms with E-state index in [9.17, 15) is 24.9 Å². The number of ketones is 1. The van der Waals surface area contributed by atoms with Gasteiger partial charge in [0.05, 0.1) is 26.2 Å². The highest BCUT2D eigenvalue weighted by Crippen LogP contribution is 2.48. The molecule has 1 atom stereocenters. The van der Waals surface area contributed by atoms with Gasteiger partial charge in [-0.05, 0) is 47.5 Å². The number of aliphatic carboxylic acids is 1. The van der Waals surface area contributed by atoms with Gasteiger partial charge in [0.1, 0.15) is 11.5 Å². The molecule has 0 aliphatic carbocycles. The van der Waals surface area contributed by atoms with Crippen LogP contribution in [0.5, 0.6) is 28.7 Å². The lowest BCUT2D eigenvalue weighted by Gasteiger charge is -2.21. The van der Waals surface area contributed by atoms with E-state index in [4.69, 9.17) is 14.2 Å². The van der Waals surface area contributed by atoms with Crippen molar-refractivity contribution in [1.29, 1.82) is 0 Å². The number of nitrogens with zero attached hydrogens (tertiary/aromatic N) is 1. The lowest BCUT2D eigenvalue weighted by atomic mass is 9.85. The van der Waals surface area contributed by atoms with Crippen LogP contribution in [0.4, 0.5) is 0 Å². The summed E-state index contributed by atoms with van der Waals surface area (Å²) in [6, 6.07) is 9.12. The van der Waals surface area contributed by atoms with Crippen LogP contribution in [0.15, 0.2) is 54.6 Å². The quantitative estimate of drug-likeness (QED) is 0.448. The number of phenols is 2. The number of pyridine rings is 1. The molecule has 3 aromatic rings. The number of hydrogen-bond acceptors (Lipinski definition) is 8. The van der Waals surface area contributed by atoms with Crippen LogP contribution in [0.25, 0.3) is 6.08 Å². The Balaban J connectivity index is 1.88. The zero-order valence-electron chi connectivity index (χ0n) is 18.3. The van der Waals surface area contributed by atoms with Gasteiger partial charge in [-0.15, -0.1) is 0 Å². The monoisotopic (exact) mass is 463 g/mol. The van der Waals surface area contributed by atoms with E-state index in [0.717, 1.165) is 0 Å². The van der Waals surface area contributed by atoms with Gasteiger partial charge >= 0.3 is 5.97 Å². The summed E-state index contributed by atoms with van der Waals surface area (Å²) in [5.41, 5.74) is 1.33. The fourth-order valence-corrected chi connectivity index (χ4v) is 3.89. The van der Waals surface area contributed by atoms with Crippen molar-refractivity contribution in [3.63, 3.8) is 0 Å². The number of aromatic nitrogens is 1. The number of carbonyl (C=O) groups is 2. The summed E-state index contributed by atoms with van der Waals surface area (Å²) in [5.74, 6) is -2.80. The maximum absolute atomic E-state index is 13.0. The number of benzene rings is 2. The number of phenolic OH excluding ortho intramolecular Hbond substituents is 2. The second kappa shape index (κ2) is 9.14. The van der Waals surface area contributed by atoms with E-state index in [1.54, 1.807) is 24.5 Å². The standard InChI is InChI=1S/C25H21NO8/c1-32-18-9-14(10-19(33-2)24(18)31)16(11-21(28)29)22-17(27)6-5-15-23(30)20(34-25(15)22)8-13-4-3-7-26-12-13/h3-10,12,16,27,31H,11H2,1-2H3,(H,28,29)/b20-8+/t16-/m1/s1. The summed E-state index contributed by atoms with van der Waals surface area (Å²) in [4.78, 5) is 28.8. The summed E-state index contributed by atoms with van der Waals surface area (Å²) < 4.78 is 16.3. The normalized spacial score (nSPS) is 14.4. The molecular formula is C25H21NO8. The fourth-order valence-electron chi connectivity index (χ4n) is 3.89. The van der Waals surface area contributed by atoms with Crippen molar-refractivity contribution in [3.8, 4) is 28.7 Å². The number of Topliss-reactive ketones (excluding diaryl/α,β-unsaturated/α-hetero) is 1. The van der Waals surface area contributed by atoms with Crippen molar-refractivity contribution >= 4 is 17.8 Å². The van der Waals surface area contributed by atoms with Crippen molar-refractivity contribution in [3.05, 3.63) is 76.8 Å². The maximum Gasteiger partial charge on any atom is 0.304 e. The number of hydrogen-bond donors (Lipinski definition) is 3. The Hall–Kier alpha value is -4.53. The number of aromatic hydroxyl groups is 2. The zero-order chi connectivity index (χ0) is 24.4. The SMILES string of the molecule is COc1cc([C@@H](CC(=O)O)c2c(O)ccc3c2O/C(=C/c2cccnc2)C3=O)cc(OC)c1O. The fraction of sp³-hybridized carbons (Fsp3) is 0.160. The second-order valence-electron chi connectivity index (χ2n) is 7.53. The summed E-state index contributed by atoms with van der Waals surface area (Å²) in [6.45, 7) is 0. The molecule has 0 radical (unpaired) electrons. The highest BCUT2D eigenvalue weighted by molar-refractivity contribution is 6.15. The van der Waals surface area contributed by atoms with Gasteiger partial charge in [-0.2, -0.15) is 0 Å². The van der Waals surface area contributed by atoms with E-state index >= 15 is 0 Å². The van der Waals surface area contributed by atoms with Crippen molar-refractivity contribution in [2.75, 3.05) is 14.2 Å². The molecule has 4 rings (SSSR count). The molecule has 0 saturated heterocycles. The van der Waals surface area contributed by atoms with Gasteiger partial charge in [-0.25, -0.2) is 0 Å². The van der Waals surface area contributed by atoms with Crippen LogP contribution in [0, 0.1) is 0 Å². The first-order valence-corrected chi connectivity index (χ1v) is 10.2. The zero-order valence-corrected chi connectivity index (χ0v) is 18.3. The molecule has 174 valence electrons. The number of carbonyl (C=O) groups excluding carboxylic acids is 1. The molecule has 0 amide bonds. The van der Waals surface area contributed by atoms with Gasteiger partial charge in [-0.1, -0.05) is 6.07 Å². The van der Waals surface area contributed by atoms with E-state index in [0.29, 0.717) is 11.1 Å². The van der Waals surface area contributed by atoms with Crippen molar-refractivity contribution in [2.45, 2.75) is 12.3 Å². The third-order valence-electron chi connectivity index (χ3n) is 5.47. The van der Waals surface area contributed by atoms with Crippen LogP contribution in [-0.2, 0) is 4.79 Å². The molecular weight excluding hydrogens is 442 g/mol. The average Bonchev–Trinajstić information content (AvgIpc) is 3.13. The molecule has 1 aromatic heterocycles. The Labute approximate surface area is 194 Å². The molecule has 2 aromatic carbocycles. The Morgan fingerprint density at radius 1 is 1.15 bits per heavy atom.